The molecule has 174 valence electrons. The van der Waals surface area contributed by atoms with E-state index in [2.05, 4.69) is 92.9 Å². The molecule has 1 aliphatic heterocycles. The Morgan fingerprint density at radius 2 is 1.38 bits per heavy atom. The van der Waals surface area contributed by atoms with Crippen LogP contribution in [0.15, 0.2) is 24.3 Å². The van der Waals surface area contributed by atoms with Crippen LogP contribution in [-0.4, -0.2) is 8.07 Å². The van der Waals surface area contributed by atoms with Crippen molar-refractivity contribution in [2.75, 3.05) is 0 Å². The molecule has 1 aliphatic rings. The standard InChI is InChI=1S/C28H40S3Si/c1-6-9-11-12-14-22(13-10-7-2)19-32(26-16-15-23(8-3)31-26)24-17-20(4)29-27(24)28-25(32)18-21(5)30-28/h15-18,22H,6-14,19H2,1-5H3. The molecule has 0 N–H and O–H groups in total. The van der Waals surface area contributed by atoms with Crippen LogP contribution in [0.25, 0.3) is 9.75 Å². The van der Waals surface area contributed by atoms with E-state index in [1.54, 1.807) is 29.5 Å². The highest BCUT2D eigenvalue weighted by molar-refractivity contribution is 7.38. The van der Waals surface area contributed by atoms with Crippen LogP contribution in [0.3, 0.4) is 0 Å². The van der Waals surface area contributed by atoms with Gasteiger partial charge in [-0.2, -0.15) is 0 Å². The van der Waals surface area contributed by atoms with E-state index in [1.807, 2.05) is 0 Å². The smallest absolute Gasteiger partial charge is 0.149 e. The molecule has 0 aliphatic carbocycles. The Morgan fingerprint density at radius 3 is 1.94 bits per heavy atom. The maximum atomic E-state index is 2.60. The normalized spacial score (nSPS) is 15.2. The van der Waals surface area contributed by atoms with Gasteiger partial charge in [0.25, 0.3) is 0 Å². The van der Waals surface area contributed by atoms with E-state index in [-0.39, 0.29) is 0 Å². The minimum absolute atomic E-state index is 0.866. The van der Waals surface area contributed by atoms with E-state index >= 15 is 0 Å². The van der Waals surface area contributed by atoms with Crippen molar-refractivity contribution in [2.24, 2.45) is 5.92 Å². The number of aryl methyl sites for hydroxylation is 3. The largest absolute Gasteiger partial charge is 0.164 e. The summed E-state index contributed by atoms with van der Waals surface area (Å²) >= 11 is 6.27. The van der Waals surface area contributed by atoms with Gasteiger partial charge in [-0.1, -0.05) is 78.2 Å². The average Bonchev–Trinajstić information content (AvgIpc) is 3.53. The third kappa shape index (κ3) is 4.62. The fourth-order valence-electron chi connectivity index (χ4n) is 5.66. The molecule has 0 aromatic carbocycles. The zero-order valence-corrected chi connectivity index (χ0v) is 24.1. The Hall–Kier alpha value is -0.683. The van der Waals surface area contributed by atoms with E-state index < -0.39 is 8.07 Å². The van der Waals surface area contributed by atoms with E-state index in [0.29, 0.717) is 0 Å². The van der Waals surface area contributed by atoms with Crippen LogP contribution in [0.1, 0.15) is 86.8 Å². The Morgan fingerprint density at radius 1 is 0.750 bits per heavy atom. The summed E-state index contributed by atoms with van der Waals surface area (Å²) in [6.07, 6.45) is 12.3. The zero-order valence-electron chi connectivity index (χ0n) is 20.7. The van der Waals surface area contributed by atoms with Gasteiger partial charge in [0.05, 0.1) is 0 Å². The lowest BCUT2D eigenvalue weighted by Gasteiger charge is -2.32. The summed E-state index contributed by atoms with van der Waals surface area (Å²) in [6, 6.07) is 11.6. The van der Waals surface area contributed by atoms with Crippen molar-refractivity contribution in [3.63, 3.8) is 0 Å². The van der Waals surface area contributed by atoms with Crippen molar-refractivity contribution in [3.05, 3.63) is 38.9 Å². The van der Waals surface area contributed by atoms with Gasteiger partial charge in [0, 0.05) is 28.9 Å². The lowest BCUT2D eigenvalue weighted by atomic mass is 9.97. The number of thiophene rings is 3. The first kappa shape index (κ1) is 24.4. The number of hydrogen-bond donors (Lipinski definition) is 0. The van der Waals surface area contributed by atoms with Crippen LogP contribution in [0.5, 0.6) is 0 Å². The Kier molecular flexibility index (Phi) is 8.18. The highest BCUT2D eigenvalue weighted by Crippen LogP contribution is 2.42. The lowest BCUT2D eigenvalue weighted by molar-refractivity contribution is 0.442. The van der Waals surface area contributed by atoms with Crippen LogP contribution in [-0.2, 0) is 6.42 Å². The quantitative estimate of drug-likeness (QED) is 0.173. The second-order valence-corrected chi connectivity index (χ2v) is 17.7. The first-order valence-corrected chi connectivity index (χ1v) is 17.5. The van der Waals surface area contributed by atoms with Gasteiger partial charge in [-0.15, -0.1) is 34.0 Å². The molecule has 4 rings (SSSR count). The molecule has 0 amide bonds. The molecule has 0 saturated heterocycles. The van der Waals surface area contributed by atoms with E-state index in [4.69, 9.17) is 0 Å². The van der Waals surface area contributed by atoms with Crippen LogP contribution < -0.4 is 14.9 Å². The minimum atomic E-state index is -1.95. The Balaban J connectivity index is 1.80. The molecule has 0 saturated carbocycles. The first-order chi connectivity index (χ1) is 15.5. The Labute approximate surface area is 209 Å². The maximum Gasteiger partial charge on any atom is 0.164 e. The molecule has 0 radical (unpaired) electrons. The number of fused-ring (bicyclic) bond motifs is 3. The summed E-state index contributed by atoms with van der Waals surface area (Å²) in [4.78, 5) is 7.84. The zero-order chi connectivity index (χ0) is 22.7. The molecule has 1 unspecified atom stereocenters. The first-order valence-electron chi connectivity index (χ1n) is 12.8. The molecule has 0 fully saturated rings. The molecular weight excluding hydrogens is 461 g/mol. The van der Waals surface area contributed by atoms with Gasteiger partial charge in [0.2, 0.25) is 0 Å². The fraction of sp³-hybridized carbons (Fsp3) is 0.571. The van der Waals surface area contributed by atoms with Crippen LogP contribution in [0.4, 0.5) is 0 Å². The molecule has 0 bridgehead atoms. The van der Waals surface area contributed by atoms with Crippen molar-refractivity contribution < 1.29 is 0 Å². The predicted octanol–water partition coefficient (Wildman–Crippen LogP) is 8.28. The number of hydrogen-bond acceptors (Lipinski definition) is 3. The van der Waals surface area contributed by atoms with E-state index in [0.717, 1.165) is 12.3 Å². The van der Waals surface area contributed by atoms with Gasteiger partial charge in [0.15, 0.2) is 8.07 Å². The summed E-state index contributed by atoms with van der Waals surface area (Å²) in [5.74, 6) is 0.866. The highest BCUT2D eigenvalue weighted by Gasteiger charge is 2.51. The molecular formula is C28H40S3Si. The third-order valence-corrected chi connectivity index (χ3v) is 17.1. The van der Waals surface area contributed by atoms with Crippen LogP contribution in [0.2, 0.25) is 6.04 Å². The van der Waals surface area contributed by atoms with Gasteiger partial charge in [-0.25, -0.2) is 0 Å². The van der Waals surface area contributed by atoms with Gasteiger partial charge < -0.3 is 0 Å². The van der Waals surface area contributed by atoms with E-state index in [9.17, 15) is 0 Å². The highest BCUT2D eigenvalue weighted by atomic mass is 32.1. The molecule has 0 nitrogen and oxygen atoms in total. The Bertz CT molecular complexity index is 975. The van der Waals surface area contributed by atoms with Crippen molar-refractivity contribution in [2.45, 2.75) is 98.5 Å². The monoisotopic (exact) mass is 500 g/mol. The van der Waals surface area contributed by atoms with Crippen molar-refractivity contribution in [1.82, 2.24) is 0 Å². The van der Waals surface area contributed by atoms with Crippen molar-refractivity contribution in [3.8, 4) is 9.75 Å². The van der Waals surface area contributed by atoms with Crippen LogP contribution in [0, 0.1) is 19.8 Å². The second-order valence-electron chi connectivity index (χ2n) is 9.79. The molecule has 4 heterocycles. The SMILES string of the molecule is CCCCCCC(CCCC)C[Si]1(c2ccc(CC)s2)c2cc(C)sc2-c2sc(C)cc21. The molecule has 4 heteroatoms. The third-order valence-electron chi connectivity index (χ3n) is 7.29. The molecule has 3 aromatic heterocycles. The van der Waals surface area contributed by atoms with E-state index in [1.165, 1.54) is 67.2 Å². The fourth-order valence-corrected chi connectivity index (χ4v) is 17.1. The summed E-state index contributed by atoms with van der Waals surface area (Å²) < 4.78 is 1.74. The van der Waals surface area contributed by atoms with Crippen molar-refractivity contribution >= 4 is 57.0 Å². The molecule has 32 heavy (non-hydrogen) atoms. The van der Waals surface area contributed by atoms with Gasteiger partial charge in [-0.3, -0.25) is 0 Å². The van der Waals surface area contributed by atoms with Crippen LogP contribution >= 0.6 is 34.0 Å². The maximum absolute atomic E-state index is 2.60. The van der Waals surface area contributed by atoms with Crippen molar-refractivity contribution in [1.29, 1.82) is 0 Å². The predicted molar refractivity (Wildman–Crippen MR) is 152 cm³/mol. The molecule has 3 aromatic rings. The summed E-state index contributed by atoms with van der Waals surface area (Å²) in [6.45, 7) is 11.7. The number of unbranched alkanes of at least 4 members (excludes halogenated alkanes) is 4. The second kappa shape index (κ2) is 10.7. The van der Waals surface area contributed by atoms with Gasteiger partial charge in [-0.05, 0) is 60.8 Å². The number of rotatable bonds is 12. The van der Waals surface area contributed by atoms with Gasteiger partial charge in [0.1, 0.15) is 0 Å². The summed E-state index contributed by atoms with van der Waals surface area (Å²) in [5.41, 5.74) is 0. The summed E-state index contributed by atoms with van der Waals surface area (Å²) in [5, 5.41) is 3.53. The van der Waals surface area contributed by atoms with Gasteiger partial charge >= 0.3 is 0 Å². The lowest BCUT2D eigenvalue weighted by Crippen LogP contribution is -2.64. The summed E-state index contributed by atoms with van der Waals surface area (Å²) in [7, 11) is -1.95. The topological polar surface area (TPSA) is 0 Å². The minimum Gasteiger partial charge on any atom is -0.149 e. The molecule has 0 spiro atoms. The molecule has 1 atom stereocenters. The average molecular weight is 501 g/mol.